The molecule has 0 amide bonds. The number of hydrogen-bond donors (Lipinski definition) is 4. The molecule has 4 N–H and O–H groups in total. The number of alkyl halides is 1. The topological polar surface area (TPSA) is 131 Å². The molecular formula is C33H38BrFN9O2P. The Morgan fingerprint density at radius 1 is 1.15 bits per heavy atom. The van der Waals surface area contributed by atoms with Crippen molar-refractivity contribution < 1.29 is 13.7 Å². The second-order valence-electron chi connectivity index (χ2n) is 12.1. The minimum Gasteiger partial charge on any atom is -0.494 e. The van der Waals surface area contributed by atoms with E-state index in [0.29, 0.717) is 57.3 Å². The number of methoxy groups -OCH3 is 1. The van der Waals surface area contributed by atoms with Gasteiger partial charge in [-0.05, 0) is 59.9 Å². The number of likely N-dealkylation sites (tertiary alicyclic amines) is 1. The van der Waals surface area contributed by atoms with Crippen molar-refractivity contribution >= 4 is 79.9 Å². The van der Waals surface area contributed by atoms with Gasteiger partial charge >= 0.3 is 0 Å². The molecule has 0 spiro atoms. The number of aromatic nitrogens is 3. The molecule has 1 unspecified atom stereocenters. The molecule has 4 heterocycles. The Balaban J connectivity index is 1.34. The lowest BCUT2D eigenvalue weighted by Crippen LogP contribution is -2.54. The fourth-order valence-corrected chi connectivity index (χ4v) is 8.04. The van der Waals surface area contributed by atoms with E-state index in [1.54, 1.807) is 46.1 Å². The van der Waals surface area contributed by atoms with Gasteiger partial charge in [-0.2, -0.15) is 4.98 Å². The summed E-state index contributed by atoms with van der Waals surface area (Å²) in [6, 6.07) is 11.7. The minimum absolute atomic E-state index is 0.283. The Bertz CT molecular complexity index is 1900. The summed E-state index contributed by atoms with van der Waals surface area (Å²) in [4.78, 5) is 18.2. The predicted molar refractivity (Wildman–Crippen MR) is 193 cm³/mol. The molecule has 0 aliphatic carbocycles. The van der Waals surface area contributed by atoms with Gasteiger partial charge in [0.2, 0.25) is 5.95 Å². The number of hydrogen-bond acceptors (Lipinski definition) is 11. The van der Waals surface area contributed by atoms with Gasteiger partial charge in [0.05, 0.1) is 28.5 Å². The van der Waals surface area contributed by atoms with Crippen LogP contribution in [0.3, 0.4) is 0 Å². The Morgan fingerprint density at radius 2 is 1.96 bits per heavy atom. The third-order valence-corrected chi connectivity index (χ3v) is 10.6. The van der Waals surface area contributed by atoms with Gasteiger partial charge in [-0.25, -0.2) is 9.37 Å². The van der Waals surface area contributed by atoms with Crippen molar-refractivity contribution in [2.75, 3.05) is 69.2 Å². The van der Waals surface area contributed by atoms with Gasteiger partial charge in [0.15, 0.2) is 0 Å². The van der Waals surface area contributed by atoms with Crippen LogP contribution in [-0.2, 0) is 4.57 Å². The number of rotatable bonds is 11. The smallest absolute Gasteiger partial charge is 0.229 e. The Hall–Kier alpha value is -4.06. The zero-order valence-electron chi connectivity index (χ0n) is 26.7. The summed E-state index contributed by atoms with van der Waals surface area (Å²) in [6.07, 6.45) is 6.66. The van der Waals surface area contributed by atoms with Gasteiger partial charge in [0.25, 0.3) is 0 Å². The summed E-state index contributed by atoms with van der Waals surface area (Å²) in [5, 5.41) is 19.4. The Labute approximate surface area is 282 Å². The van der Waals surface area contributed by atoms with Gasteiger partial charge in [0.1, 0.15) is 24.9 Å². The van der Waals surface area contributed by atoms with Gasteiger partial charge in [-0.15, -0.1) is 0 Å². The Morgan fingerprint density at radius 3 is 2.66 bits per heavy atom. The summed E-state index contributed by atoms with van der Waals surface area (Å²) < 4.78 is 33.6. The van der Waals surface area contributed by atoms with Gasteiger partial charge in [-0.1, -0.05) is 6.07 Å². The van der Waals surface area contributed by atoms with Crippen molar-refractivity contribution in [1.29, 1.82) is 5.41 Å². The SMILES string of the molecule is CN/C=C(\C=N)c1cc(Nc2ncc(Br)c(Nc3ccc4ncccc4c3P(C)(C)=O)n2)c(OC)cc1N1CCC(N2CC(F)C2)C1. The highest BCUT2D eigenvalue weighted by Crippen LogP contribution is 2.43. The number of halogens is 2. The lowest BCUT2D eigenvalue weighted by molar-refractivity contribution is 0.0347. The number of anilines is 5. The van der Waals surface area contributed by atoms with Crippen LogP contribution in [0.4, 0.5) is 33.2 Å². The lowest BCUT2D eigenvalue weighted by atomic mass is 10.0. The van der Waals surface area contributed by atoms with Crippen molar-refractivity contribution in [1.82, 2.24) is 25.2 Å². The van der Waals surface area contributed by atoms with Crippen LogP contribution >= 0.6 is 23.1 Å². The lowest BCUT2D eigenvalue weighted by Gasteiger charge is -2.39. The number of nitrogens with zero attached hydrogens (tertiary/aromatic N) is 5. The first kappa shape index (κ1) is 32.9. The van der Waals surface area contributed by atoms with E-state index in [1.165, 1.54) is 6.21 Å². The quantitative estimate of drug-likeness (QED) is 0.109. The number of allylic oxidation sites excluding steroid dienone is 1. The third-order valence-electron chi connectivity index (χ3n) is 8.51. The highest BCUT2D eigenvalue weighted by atomic mass is 79.9. The predicted octanol–water partition coefficient (Wildman–Crippen LogP) is 5.97. The normalized spacial score (nSPS) is 17.4. The highest BCUT2D eigenvalue weighted by Gasteiger charge is 2.37. The fourth-order valence-electron chi connectivity index (χ4n) is 6.27. The molecule has 47 heavy (non-hydrogen) atoms. The average molecular weight is 723 g/mol. The third kappa shape index (κ3) is 6.83. The van der Waals surface area contributed by atoms with Crippen LogP contribution in [0.2, 0.25) is 0 Å². The molecule has 2 fully saturated rings. The maximum atomic E-state index is 13.6. The zero-order chi connectivity index (χ0) is 33.3. The van der Waals surface area contributed by atoms with E-state index in [-0.39, 0.29) is 6.04 Å². The number of benzene rings is 2. The molecule has 246 valence electrons. The second-order valence-corrected chi connectivity index (χ2v) is 16.1. The fraction of sp³-hybridized carbons (Fsp3) is 0.333. The van der Waals surface area contributed by atoms with Crippen molar-refractivity contribution in [3.63, 3.8) is 0 Å². The molecule has 1 atom stereocenters. The van der Waals surface area contributed by atoms with Crippen molar-refractivity contribution in [2.45, 2.75) is 18.6 Å². The van der Waals surface area contributed by atoms with Crippen molar-refractivity contribution in [2.24, 2.45) is 0 Å². The summed E-state index contributed by atoms with van der Waals surface area (Å²) in [7, 11) is 0.683. The molecule has 11 nitrogen and oxygen atoms in total. The van der Waals surface area contributed by atoms with E-state index < -0.39 is 13.3 Å². The van der Waals surface area contributed by atoms with E-state index >= 15 is 0 Å². The molecule has 6 rings (SSSR count). The molecule has 4 aromatic rings. The highest BCUT2D eigenvalue weighted by molar-refractivity contribution is 9.10. The molecule has 0 saturated carbocycles. The average Bonchev–Trinajstić information content (AvgIpc) is 3.52. The number of nitrogens with one attached hydrogen (secondary N) is 4. The summed E-state index contributed by atoms with van der Waals surface area (Å²) in [6.45, 7) is 6.04. The summed E-state index contributed by atoms with van der Waals surface area (Å²) in [5.41, 5.74) is 4.50. The van der Waals surface area contributed by atoms with Crippen LogP contribution in [0.5, 0.6) is 5.75 Å². The van der Waals surface area contributed by atoms with Crippen LogP contribution in [0.1, 0.15) is 12.0 Å². The molecule has 2 aromatic carbocycles. The van der Waals surface area contributed by atoms with Crippen LogP contribution < -0.4 is 30.9 Å². The second kappa shape index (κ2) is 13.6. The van der Waals surface area contributed by atoms with Gasteiger partial charge < -0.3 is 35.6 Å². The van der Waals surface area contributed by atoms with Crippen LogP contribution in [0, 0.1) is 5.41 Å². The summed E-state index contributed by atoms with van der Waals surface area (Å²) >= 11 is 3.57. The first-order valence-corrected chi connectivity index (χ1v) is 18.7. The molecule has 2 aromatic heterocycles. The molecule has 2 saturated heterocycles. The molecule has 2 aliphatic rings. The van der Waals surface area contributed by atoms with Crippen LogP contribution in [0.15, 0.2) is 59.5 Å². The zero-order valence-corrected chi connectivity index (χ0v) is 29.2. The minimum atomic E-state index is -2.72. The van der Waals surface area contributed by atoms with Crippen LogP contribution in [-0.4, -0.2) is 91.9 Å². The number of pyridine rings is 1. The van der Waals surface area contributed by atoms with E-state index in [0.717, 1.165) is 41.7 Å². The maximum Gasteiger partial charge on any atom is 0.229 e. The maximum absolute atomic E-state index is 13.6. The summed E-state index contributed by atoms with van der Waals surface area (Å²) in [5.74, 6) is 1.37. The van der Waals surface area contributed by atoms with Crippen molar-refractivity contribution in [3.05, 3.63) is 65.0 Å². The number of ether oxygens (including phenoxy) is 1. The molecule has 2 aliphatic heterocycles. The molecule has 14 heteroatoms. The van der Waals surface area contributed by atoms with Gasteiger partial charge in [0, 0.05) is 97.7 Å². The Kier molecular flexibility index (Phi) is 9.50. The van der Waals surface area contributed by atoms with Crippen molar-refractivity contribution in [3.8, 4) is 5.75 Å². The van der Waals surface area contributed by atoms with E-state index in [2.05, 4.69) is 51.6 Å². The molecule has 0 bridgehead atoms. The van der Waals surface area contributed by atoms with E-state index in [4.69, 9.17) is 15.1 Å². The largest absolute Gasteiger partial charge is 0.494 e. The van der Waals surface area contributed by atoms with E-state index in [1.807, 2.05) is 36.4 Å². The number of fused-ring (bicyclic) bond motifs is 1. The molecular weight excluding hydrogens is 684 g/mol. The first-order valence-electron chi connectivity index (χ1n) is 15.3. The first-order chi connectivity index (χ1) is 22.6. The van der Waals surface area contributed by atoms with Crippen LogP contribution in [0.25, 0.3) is 16.5 Å². The van der Waals surface area contributed by atoms with E-state index in [9.17, 15) is 8.96 Å². The standard InChI is InChI=1S/C33H38BrFN9O2P/c1-37-15-20(14-36)24-12-28(30(46-2)13-29(24)43-11-9-22(19-43)44-17-21(35)18-44)41-33-39-16-25(34)32(42-33)40-27-8-7-26-23(6-5-10-38-26)31(27)47(3,4)45/h5-8,10,12-16,21-22,36-37H,9,11,17-19H2,1-4H3,(H2,39,40,41,42)/b20-15+,36-14?. The monoisotopic (exact) mass is 721 g/mol. The molecule has 0 radical (unpaired) electrons. The van der Waals surface area contributed by atoms with Gasteiger partial charge in [-0.3, -0.25) is 9.88 Å².